The Labute approximate surface area is 201 Å². The number of ketones is 1. The van der Waals surface area contributed by atoms with Crippen molar-refractivity contribution < 1.29 is 42.2 Å². The van der Waals surface area contributed by atoms with Crippen LogP contribution in [-0.2, 0) is 40.2 Å². The molecule has 1 unspecified atom stereocenters. The minimum atomic E-state index is -4.32. The molecule has 1 saturated heterocycles. The average Bonchev–Trinajstić information content (AvgIpc) is 2.77. The fourth-order valence-corrected chi connectivity index (χ4v) is 7.15. The number of rotatable bonds is 9. The zero-order valence-corrected chi connectivity index (χ0v) is 20.3. The number of sulfone groups is 1. The number of fused-ring (bicyclic) bond motifs is 1. The summed E-state index contributed by atoms with van der Waals surface area (Å²) in [6, 6.07) is 6.44. The van der Waals surface area contributed by atoms with E-state index in [9.17, 15) is 32.7 Å². The molecule has 10 nitrogen and oxygen atoms in total. The van der Waals surface area contributed by atoms with Gasteiger partial charge in [-0.3, -0.25) is 9.59 Å². The number of ether oxygens (including phenoxy) is 2. The maximum absolute atomic E-state index is 13.6. The standard InChI is InChI=1S/C22H24ClNO9S/c1-12(25)8-9-22(21(28)29)16(11-33-13(2)26)17(10-14-4-6-15(32-3)7-5-14)34(30,31)20-18(23)19(27)24(20)22/h4-7,18,20H,8-11H2,1-3H3,(H,28,29)/t18-,20+,22?/m0/s1. The highest BCUT2D eigenvalue weighted by Gasteiger charge is 2.69. The van der Waals surface area contributed by atoms with Gasteiger partial charge >= 0.3 is 11.9 Å². The molecule has 0 radical (unpaired) electrons. The van der Waals surface area contributed by atoms with E-state index in [1.807, 2.05) is 0 Å². The Hall–Kier alpha value is -2.92. The van der Waals surface area contributed by atoms with Crippen molar-refractivity contribution in [2.75, 3.05) is 13.7 Å². The number of aliphatic carboxylic acids is 1. The normalized spacial score (nSPS) is 25.3. The van der Waals surface area contributed by atoms with E-state index in [2.05, 4.69) is 0 Å². The van der Waals surface area contributed by atoms with E-state index >= 15 is 0 Å². The average molecular weight is 514 g/mol. The van der Waals surface area contributed by atoms with Gasteiger partial charge in [-0.15, -0.1) is 11.6 Å². The van der Waals surface area contributed by atoms with Gasteiger partial charge in [0, 0.05) is 25.3 Å². The van der Waals surface area contributed by atoms with Gasteiger partial charge in [-0.05, 0) is 31.0 Å². The van der Waals surface area contributed by atoms with Gasteiger partial charge in [-0.2, -0.15) is 0 Å². The number of carbonyl (C=O) groups is 4. The van der Waals surface area contributed by atoms with Crippen molar-refractivity contribution in [3.05, 3.63) is 40.3 Å². The third-order valence-corrected chi connectivity index (χ3v) is 8.79. The molecule has 0 aromatic heterocycles. The van der Waals surface area contributed by atoms with Crippen LogP contribution in [0.2, 0.25) is 0 Å². The van der Waals surface area contributed by atoms with E-state index in [-0.39, 0.29) is 29.1 Å². The molecule has 1 aromatic rings. The second-order valence-corrected chi connectivity index (χ2v) is 10.7. The summed E-state index contributed by atoms with van der Waals surface area (Å²) in [5, 5.41) is 7.24. The van der Waals surface area contributed by atoms with Gasteiger partial charge in [0.05, 0.1) is 12.0 Å². The number of methoxy groups -OCH3 is 1. The smallest absolute Gasteiger partial charge is 0.334 e. The zero-order valence-electron chi connectivity index (χ0n) is 18.7. The highest BCUT2D eigenvalue weighted by molar-refractivity contribution is 7.96. The number of alkyl halides is 1. The number of esters is 1. The molecule has 0 bridgehead atoms. The Balaban J connectivity index is 2.29. The Bertz CT molecular complexity index is 1180. The second-order valence-electron chi connectivity index (χ2n) is 8.12. The predicted octanol–water partition coefficient (Wildman–Crippen LogP) is 1.45. The van der Waals surface area contributed by atoms with Gasteiger partial charge in [-0.1, -0.05) is 12.1 Å². The summed E-state index contributed by atoms with van der Waals surface area (Å²) < 4.78 is 37.4. The van der Waals surface area contributed by atoms with Crippen LogP contribution in [0, 0.1) is 0 Å². The molecule has 184 valence electrons. The minimum Gasteiger partial charge on any atom is -0.497 e. The minimum absolute atomic E-state index is 0.236. The molecule has 0 saturated carbocycles. The van der Waals surface area contributed by atoms with E-state index < -0.39 is 57.0 Å². The van der Waals surface area contributed by atoms with E-state index in [1.165, 1.54) is 14.0 Å². The number of benzene rings is 1. The largest absolute Gasteiger partial charge is 0.497 e. The second kappa shape index (κ2) is 9.38. The van der Waals surface area contributed by atoms with Crippen molar-refractivity contribution in [1.29, 1.82) is 0 Å². The predicted molar refractivity (Wildman–Crippen MR) is 120 cm³/mol. The summed E-state index contributed by atoms with van der Waals surface area (Å²) in [6.45, 7) is 1.65. The van der Waals surface area contributed by atoms with Crippen LogP contribution in [0.1, 0.15) is 32.3 Å². The highest BCUT2D eigenvalue weighted by Crippen LogP contribution is 2.50. The molecule has 12 heteroatoms. The first kappa shape index (κ1) is 25.7. The number of halogens is 1. The Morgan fingerprint density at radius 3 is 2.29 bits per heavy atom. The first-order chi connectivity index (χ1) is 15.9. The Morgan fingerprint density at radius 1 is 1.18 bits per heavy atom. The van der Waals surface area contributed by atoms with Gasteiger partial charge < -0.3 is 24.3 Å². The molecule has 2 aliphatic rings. The fourth-order valence-electron chi connectivity index (χ4n) is 4.30. The molecule has 3 rings (SSSR count). The van der Waals surface area contributed by atoms with Crippen LogP contribution in [0.25, 0.3) is 0 Å². The lowest BCUT2D eigenvalue weighted by atomic mass is 9.79. The maximum atomic E-state index is 13.6. The van der Waals surface area contributed by atoms with E-state index in [0.29, 0.717) is 16.2 Å². The Morgan fingerprint density at radius 2 is 1.79 bits per heavy atom. The first-order valence-corrected chi connectivity index (χ1v) is 12.3. The van der Waals surface area contributed by atoms with Gasteiger partial charge in [0.1, 0.15) is 23.5 Å². The first-order valence-electron chi connectivity index (χ1n) is 10.3. The van der Waals surface area contributed by atoms with Crippen molar-refractivity contribution in [3.63, 3.8) is 0 Å². The number of carboxylic acids is 1. The molecule has 2 heterocycles. The zero-order chi connectivity index (χ0) is 25.4. The number of hydrogen-bond acceptors (Lipinski definition) is 8. The summed E-state index contributed by atoms with van der Waals surface area (Å²) in [5.41, 5.74) is -1.99. The lowest BCUT2D eigenvalue weighted by Gasteiger charge is -2.56. The summed E-state index contributed by atoms with van der Waals surface area (Å²) in [5.74, 6) is -3.02. The monoisotopic (exact) mass is 513 g/mol. The van der Waals surface area contributed by atoms with Gasteiger partial charge in [0.15, 0.2) is 20.8 Å². The van der Waals surface area contributed by atoms with Crippen molar-refractivity contribution in [2.45, 2.75) is 49.4 Å². The topological polar surface area (TPSA) is 144 Å². The lowest BCUT2D eigenvalue weighted by molar-refractivity contribution is -0.167. The molecular formula is C22H24ClNO9S. The number of β-lactam (4-membered cyclic amide) rings is 1. The molecular weight excluding hydrogens is 490 g/mol. The molecule has 1 aromatic carbocycles. The van der Waals surface area contributed by atoms with Crippen molar-refractivity contribution in [2.24, 2.45) is 0 Å². The SMILES string of the molecule is COc1ccc(CC2=C(COC(C)=O)C(CCC(C)=O)(C(=O)O)N3C(=O)[C@H](Cl)[C@H]3S2(=O)=O)cc1. The number of Topliss-reactive ketones (excluding diaryl/α,β-unsaturated/α-hetero) is 1. The van der Waals surface area contributed by atoms with Crippen LogP contribution in [0.5, 0.6) is 5.75 Å². The lowest BCUT2D eigenvalue weighted by Crippen LogP contribution is -2.78. The van der Waals surface area contributed by atoms with Crippen LogP contribution in [0.15, 0.2) is 34.7 Å². The van der Waals surface area contributed by atoms with Crippen molar-refractivity contribution >= 4 is 45.1 Å². The number of carboxylic acid groups (broad SMARTS) is 1. The third kappa shape index (κ3) is 4.18. The summed E-state index contributed by atoms with van der Waals surface area (Å²) >= 11 is 6.08. The molecule has 2 aliphatic heterocycles. The summed E-state index contributed by atoms with van der Waals surface area (Å²) in [4.78, 5) is 49.2. The number of carbonyl (C=O) groups excluding carboxylic acids is 3. The maximum Gasteiger partial charge on any atom is 0.334 e. The van der Waals surface area contributed by atoms with Gasteiger partial charge in [0.25, 0.3) is 0 Å². The van der Waals surface area contributed by atoms with Gasteiger partial charge in [0.2, 0.25) is 5.91 Å². The quantitative estimate of drug-likeness (QED) is 0.294. The summed E-state index contributed by atoms with van der Waals surface area (Å²) in [7, 11) is -2.85. The fraction of sp³-hybridized carbons (Fsp3) is 0.455. The summed E-state index contributed by atoms with van der Waals surface area (Å²) in [6.07, 6.45) is -0.892. The van der Waals surface area contributed by atoms with Gasteiger partial charge in [-0.25, -0.2) is 13.2 Å². The number of hydrogen-bond donors (Lipinski definition) is 1. The number of allylic oxidation sites excluding steroid dienone is 1. The van der Waals surface area contributed by atoms with Crippen LogP contribution in [0.3, 0.4) is 0 Å². The molecule has 1 fully saturated rings. The van der Waals surface area contributed by atoms with Crippen LogP contribution in [-0.4, -0.2) is 72.1 Å². The van der Waals surface area contributed by atoms with Crippen LogP contribution < -0.4 is 4.74 Å². The molecule has 0 aliphatic carbocycles. The Kier molecular flexibility index (Phi) is 7.09. The van der Waals surface area contributed by atoms with Crippen molar-refractivity contribution in [3.8, 4) is 5.75 Å². The van der Waals surface area contributed by atoms with E-state index in [0.717, 1.165) is 6.92 Å². The molecule has 0 spiro atoms. The number of nitrogens with zero attached hydrogens (tertiary/aromatic N) is 1. The molecule has 3 atom stereocenters. The molecule has 1 N–H and O–H groups in total. The number of amides is 1. The molecule has 34 heavy (non-hydrogen) atoms. The van der Waals surface area contributed by atoms with Crippen molar-refractivity contribution in [1.82, 2.24) is 4.90 Å². The van der Waals surface area contributed by atoms with Crippen LogP contribution >= 0.6 is 11.6 Å². The van der Waals surface area contributed by atoms with E-state index in [4.69, 9.17) is 21.1 Å². The molecule has 1 amide bonds. The third-order valence-electron chi connectivity index (χ3n) is 6.02. The highest BCUT2D eigenvalue weighted by atomic mass is 35.5. The van der Waals surface area contributed by atoms with E-state index in [1.54, 1.807) is 24.3 Å². The van der Waals surface area contributed by atoms with Crippen LogP contribution in [0.4, 0.5) is 0 Å².